The smallest absolute Gasteiger partial charge is 0.155 e. The number of nitrogens with zero attached hydrogens (tertiary/aromatic N) is 1. The molecular weight excluding hydrogens is 293 g/mol. The number of benzene rings is 2. The van der Waals surface area contributed by atoms with Crippen molar-refractivity contribution in [2.24, 2.45) is 0 Å². The van der Waals surface area contributed by atoms with Gasteiger partial charge in [0, 0.05) is 0 Å². The first-order chi connectivity index (χ1) is 9.72. The second-order valence-corrected chi connectivity index (χ2v) is 5.47. The number of hydrogen-bond acceptors (Lipinski definition) is 2. The van der Waals surface area contributed by atoms with Gasteiger partial charge in [0.05, 0.1) is 28.6 Å². The molecule has 2 nitrogen and oxygen atoms in total. The number of nitriles is 1. The normalized spacial score (nSPS) is 21.1. The van der Waals surface area contributed by atoms with E-state index in [0.717, 1.165) is 16.7 Å². The van der Waals surface area contributed by atoms with E-state index in [2.05, 4.69) is 6.07 Å². The Balaban J connectivity index is 2.22. The second kappa shape index (κ2) is 5.46. The van der Waals surface area contributed by atoms with Gasteiger partial charge in [-0.3, -0.25) is 0 Å². The zero-order valence-corrected chi connectivity index (χ0v) is 12.0. The van der Waals surface area contributed by atoms with Crippen LogP contribution >= 0.6 is 23.2 Å². The molecule has 2 unspecified atom stereocenters. The van der Waals surface area contributed by atoms with Crippen LogP contribution in [0.5, 0.6) is 0 Å². The fourth-order valence-corrected chi connectivity index (χ4v) is 3.08. The summed E-state index contributed by atoms with van der Waals surface area (Å²) in [6, 6.07) is 15.7. The highest BCUT2D eigenvalue weighted by molar-refractivity contribution is 6.42. The lowest BCUT2D eigenvalue weighted by atomic mass is 9.82. The molecule has 2 atom stereocenters. The Kier molecular flexibility index (Phi) is 3.67. The summed E-state index contributed by atoms with van der Waals surface area (Å²) in [5.74, 6) is -0.212. The van der Waals surface area contributed by atoms with Crippen molar-refractivity contribution in [3.8, 4) is 6.07 Å². The van der Waals surface area contributed by atoms with Gasteiger partial charge in [-0.2, -0.15) is 5.26 Å². The van der Waals surface area contributed by atoms with Crippen molar-refractivity contribution < 1.29 is 4.74 Å². The Morgan fingerprint density at radius 3 is 2.55 bits per heavy atom. The van der Waals surface area contributed by atoms with Crippen LogP contribution in [0.1, 0.15) is 22.6 Å². The van der Waals surface area contributed by atoms with Gasteiger partial charge >= 0.3 is 0 Å². The fraction of sp³-hybridized carbons (Fsp3) is 0.188. The molecule has 0 radical (unpaired) electrons. The van der Waals surface area contributed by atoms with E-state index in [4.69, 9.17) is 27.9 Å². The van der Waals surface area contributed by atoms with Crippen LogP contribution in [0.4, 0.5) is 0 Å². The van der Waals surface area contributed by atoms with Gasteiger partial charge in [0.15, 0.2) is 6.10 Å². The maximum absolute atomic E-state index is 9.36. The van der Waals surface area contributed by atoms with Gasteiger partial charge < -0.3 is 4.74 Å². The van der Waals surface area contributed by atoms with Crippen molar-refractivity contribution in [3.63, 3.8) is 0 Å². The molecule has 2 aromatic rings. The van der Waals surface area contributed by atoms with Gasteiger partial charge in [-0.15, -0.1) is 0 Å². The molecule has 0 aliphatic carbocycles. The van der Waals surface area contributed by atoms with E-state index in [9.17, 15) is 5.26 Å². The Bertz CT molecular complexity index is 679. The number of ether oxygens (including phenoxy) is 1. The lowest BCUT2D eigenvalue weighted by molar-refractivity contribution is 0.0524. The molecule has 100 valence electrons. The molecule has 0 fully saturated rings. The van der Waals surface area contributed by atoms with Gasteiger partial charge in [0.25, 0.3) is 0 Å². The van der Waals surface area contributed by atoms with Crippen LogP contribution in [-0.2, 0) is 11.3 Å². The summed E-state index contributed by atoms with van der Waals surface area (Å²) < 4.78 is 5.65. The van der Waals surface area contributed by atoms with Crippen LogP contribution < -0.4 is 0 Å². The Hall–Kier alpha value is -1.53. The van der Waals surface area contributed by atoms with Crippen molar-refractivity contribution in [2.45, 2.75) is 18.6 Å². The molecular formula is C16H11Cl2NO. The van der Waals surface area contributed by atoms with Crippen LogP contribution in [-0.4, -0.2) is 6.10 Å². The SMILES string of the molecule is N#CC1OCc2ccc(Cl)c(Cl)c2C1c1ccccc1. The van der Waals surface area contributed by atoms with Gasteiger partial charge in [-0.05, 0) is 22.8 Å². The minimum Gasteiger partial charge on any atom is -0.358 e. The molecule has 0 bridgehead atoms. The van der Waals surface area contributed by atoms with E-state index in [1.54, 1.807) is 6.07 Å². The molecule has 1 aliphatic heterocycles. The van der Waals surface area contributed by atoms with Crippen LogP contribution in [0, 0.1) is 11.3 Å². The summed E-state index contributed by atoms with van der Waals surface area (Å²) in [4.78, 5) is 0. The molecule has 0 aromatic heterocycles. The summed E-state index contributed by atoms with van der Waals surface area (Å²) >= 11 is 12.5. The molecule has 2 aromatic carbocycles. The van der Waals surface area contributed by atoms with Gasteiger partial charge in [0.2, 0.25) is 0 Å². The van der Waals surface area contributed by atoms with Crippen molar-refractivity contribution in [1.82, 2.24) is 0 Å². The highest BCUT2D eigenvalue weighted by Gasteiger charge is 2.34. The molecule has 1 heterocycles. The molecule has 0 spiro atoms. The summed E-state index contributed by atoms with van der Waals surface area (Å²) in [6.45, 7) is 0.383. The summed E-state index contributed by atoms with van der Waals surface area (Å²) in [7, 11) is 0. The third kappa shape index (κ3) is 2.19. The Morgan fingerprint density at radius 2 is 1.85 bits per heavy atom. The molecule has 3 rings (SSSR count). The third-order valence-electron chi connectivity index (χ3n) is 3.54. The second-order valence-electron chi connectivity index (χ2n) is 4.68. The quantitative estimate of drug-likeness (QED) is 0.774. The minimum atomic E-state index is -0.555. The average molecular weight is 304 g/mol. The minimum absolute atomic E-state index is 0.212. The highest BCUT2D eigenvalue weighted by atomic mass is 35.5. The van der Waals surface area contributed by atoms with E-state index in [-0.39, 0.29) is 5.92 Å². The number of hydrogen-bond donors (Lipinski definition) is 0. The van der Waals surface area contributed by atoms with Crippen molar-refractivity contribution in [1.29, 1.82) is 5.26 Å². The van der Waals surface area contributed by atoms with E-state index in [1.807, 2.05) is 36.4 Å². The molecule has 20 heavy (non-hydrogen) atoms. The topological polar surface area (TPSA) is 33.0 Å². The zero-order valence-electron chi connectivity index (χ0n) is 10.5. The van der Waals surface area contributed by atoms with Crippen LogP contribution in [0.15, 0.2) is 42.5 Å². The lowest BCUT2D eigenvalue weighted by Gasteiger charge is -2.31. The molecule has 0 saturated carbocycles. The van der Waals surface area contributed by atoms with E-state index >= 15 is 0 Å². The molecule has 4 heteroatoms. The molecule has 0 amide bonds. The van der Waals surface area contributed by atoms with Crippen molar-refractivity contribution >= 4 is 23.2 Å². The van der Waals surface area contributed by atoms with E-state index in [0.29, 0.717) is 16.7 Å². The van der Waals surface area contributed by atoms with E-state index in [1.165, 1.54) is 0 Å². The monoisotopic (exact) mass is 303 g/mol. The standard InChI is InChI=1S/C16H11Cl2NO/c17-12-7-6-11-9-20-13(8-19)14(15(11)16(12)18)10-4-2-1-3-5-10/h1-7,13-14H,9H2. The van der Waals surface area contributed by atoms with Gasteiger partial charge in [-0.1, -0.05) is 59.6 Å². The van der Waals surface area contributed by atoms with Crippen molar-refractivity contribution in [3.05, 3.63) is 69.2 Å². The summed E-state index contributed by atoms with van der Waals surface area (Å²) in [5, 5.41) is 10.4. The Labute approximate surface area is 127 Å². The average Bonchev–Trinajstić information content (AvgIpc) is 2.50. The zero-order chi connectivity index (χ0) is 14.1. The van der Waals surface area contributed by atoms with Gasteiger partial charge in [-0.25, -0.2) is 0 Å². The molecule has 0 N–H and O–H groups in total. The largest absolute Gasteiger partial charge is 0.358 e. The molecule has 0 saturated heterocycles. The first kappa shape index (κ1) is 13.5. The first-order valence-corrected chi connectivity index (χ1v) is 7.01. The van der Waals surface area contributed by atoms with Crippen LogP contribution in [0.2, 0.25) is 10.0 Å². The lowest BCUT2D eigenvalue weighted by Crippen LogP contribution is -2.28. The fourth-order valence-electron chi connectivity index (χ4n) is 2.61. The number of fused-ring (bicyclic) bond motifs is 1. The molecule has 1 aliphatic rings. The summed E-state index contributed by atoms with van der Waals surface area (Å²) in [6.07, 6.45) is -0.555. The number of halogens is 2. The third-order valence-corrected chi connectivity index (χ3v) is 4.36. The maximum atomic E-state index is 9.36. The predicted octanol–water partition coefficient (Wildman–Crippen LogP) is 4.55. The van der Waals surface area contributed by atoms with Gasteiger partial charge in [0.1, 0.15) is 0 Å². The van der Waals surface area contributed by atoms with Crippen LogP contribution in [0.3, 0.4) is 0 Å². The van der Waals surface area contributed by atoms with E-state index < -0.39 is 6.10 Å². The highest BCUT2D eigenvalue weighted by Crippen LogP contribution is 2.42. The maximum Gasteiger partial charge on any atom is 0.155 e. The number of rotatable bonds is 1. The van der Waals surface area contributed by atoms with Crippen LogP contribution in [0.25, 0.3) is 0 Å². The first-order valence-electron chi connectivity index (χ1n) is 6.25. The summed E-state index contributed by atoms with van der Waals surface area (Å²) in [5.41, 5.74) is 2.90. The van der Waals surface area contributed by atoms with Crippen molar-refractivity contribution in [2.75, 3.05) is 0 Å². The predicted molar refractivity (Wildman–Crippen MR) is 78.9 cm³/mol. The Morgan fingerprint density at radius 1 is 1.10 bits per heavy atom.